The van der Waals surface area contributed by atoms with Crippen molar-refractivity contribution >= 4 is 11.9 Å². The molecule has 0 spiro atoms. The van der Waals surface area contributed by atoms with E-state index in [-0.39, 0.29) is 17.4 Å². The summed E-state index contributed by atoms with van der Waals surface area (Å²) in [5.41, 5.74) is 8.15. The zero-order valence-electron chi connectivity index (χ0n) is 14.3. The quantitative estimate of drug-likeness (QED) is 0.679. The number of halogens is 2. The van der Waals surface area contributed by atoms with E-state index in [1.165, 1.54) is 30.5 Å². The molecule has 0 bridgehead atoms. The molecule has 1 amide bonds. The predicted octanol–water partition coefficient (Wildman–Crippen LogP) is 2.73. The SMILES string of the molecule is Cc1nc(N)nc2c1C(=O)N[C@@H](c1ccc(F)cc1-c1cccnc1F)C2. The van der Waals surface area contributed by atoms with Gasteiger partial charge in [0.15, 0.2) is 0 Å². The van der Waals surface area contributed by atoms with Crippen molar-refractivity contribution in [2.75, 3.05) is 5.73 Å². The lowest BCUT2D eigenvalue weighted by molar-refractivity contribution is 0.0922. The van der Waals surface area contributed by atoms with Crippen molar-refractivity contribution in [3.63, 3.8) is 0 Å². The largest absolute Gasteiger partial charge is 0.368 e. The smallest absolute Gasteiger partial charge is 0.255 e. The van der Waals surface area contributed by atoms with Crippen LogP contribution in [0.15, 0.2) is 36.5 Å². The molecule has 3 heterocycles. The van der Waals surface area contributed by atoms with Crippen molar-refractivity contribution in [2.45, 2.75) is 19.4 Å². The summed E-state index contributed by atoms with van der Waals surface area (Å²) in [7, 11) is 0. The molecule has 1 aliphatic rings. The third-order valence-corrected chi connectivity index (χ3v) is 4.55. The van der Waals surface area contributed by atoms with E-state index in [9.17, 15) is 13.6 Å². The lowest BCUT2D eigenvalue weighted by Crippen LogP contribution is -2.37. The van der Waals surface area contributed by atoms with Gasteiger partial charge in [-0.3, -0.25) is 4.79 Å². The Morgan fingerprint density at radius 3 is 2.78 bits per heavy atom. The highest BCUT2D eigenvalue weighted by atomic mass is 19.1. The molecule has 0 fully saturated rings. The van der Waals surface area contributed by atoms with Gasteiger partial charge >= 0.3 is 0 Å². The van der Waals surface area contributed by atoms with Gasteiger partial charge in [-0.1, -0.05) is 6.07 Å². The number of nitrogen functional groups attached to an aromatic ring is 1. The molecule has 3 N–H and O–H groups in total. The van der Waals surface area contributed by atoms with Crippen LogP contribution in [0.25, 0.3) is 11.1 Å². The monoisotopic (exact) mass is 367 g/mol. The molecule has 0 radical (unpaired) electrons. The number of nitrogens with zero attached hydrogens (tertiary/aromatic N) is 3. The first-order chi connectivity index (χ1) is 12.9. The third kappa shape index (κ3) is 2.99. The van der Waals surface area contributed by atoms with E-state index < -0.39 is 17.8 Å². The number of pyridine rings is 1. The number of carbonyl (C=O) groups excluding carboxylic acids is 1. The van der Waals surface area contributed by atoms with E-state index in [1.54, 1.807) is 13.0 Å². The number of benzene rings is 1. The van der Waals surface area contributed by atoms with E-state index in [0.717, 1.165) is 0 Å². The molecule has 1 atom stereocenters. The Morgan fingerprint density at radius 2 is 2.00 bits per heavy atom. The van der Waals surface area contributed by atoms with Gasteiger partial charge < -0.3 is 11.1 Å². The van der Waals surface area contributed by atoms with E-state index in [2.05, 4.69) is 20.3 Å². The number of fused-ring (bicyclic) bond motifs is 1. The molecule has 6 nitrogen and oxygen atoms in total. The fraction of sp³-hybridized carbons (Fsp3) is 0.158. The van der Waals surface area contributed by atoms with Gasteiger partial charge in [0.1, 0.15) is 5.82 Å². The standard InChI is InChI=1S/C19H15F2N5O/c1-9-16-15(26-19(22)24-9)8-14(25-18(16)27)11-5-4-10(20)7-13(11)12-3-2-6-23-17(12)21/h2-7,14H,8H2,1H3,(H,25,27)(H2,22,24,26)/t14-/m1/s1. The first-order valence-electron chi connectivity index (χ1n) is 8.28. The number of nitrogens with two attached hydrogens (primary N) is 1. The number of amides is 1. The Morgan fingerprint density at radius 1 is 1.19 bits per heavy atom. The first kappa shape index (κ1) is 17.0. The fourth-order valence-electron chi connectivity index (χ4n) is 3.41. The zero-order chi connectivity index (χ0) is 19.1. The molecule has 1 aromatic carbocycles. The number of aromatic nitrogens is 3. The van der Waals surface area contributed by atoms with Crippen LogP contribution in [0.4, 0.5) is 14.7 Å². The maximum atomic E-state index is 14.2. The van der Waals surface area contributed by atoms with Gasteiger partial charge in [0.25, 0.3) is 5.91 Å². The van der Waals surface area contributed by atoms with Crippen molar-refractivity contribution in [3.05, 3.63) is 70.8 Å². The minimum absolute atomic E-state index is 0.0809. The van der Waals surface area contributed by atoms with E-state index in [0.29, 0.717) is 34.5 Å². The fourth-order valence-corrected chi connectivity index (χ4v) is 3.41. The summed E-state index contributed by atoms with van der Waals surface area (Å²) < 4.78 is 28.1. The maximum Gasteiger partial charge on any atom is 0.255 e. The molecular formula is C19H15F2N5O. The molecule has 1 aliphatic heterocycles. The van der Waals surface area contributed by atoms with Gasteiger partial charge in [0.05, 0.1) is 23.0 Å². The summed E-state index contributed by atoms with van der Waals surface area (Å²) in [6.07, 6.45) is 1.65. The number of anilines is 1. The minimum Gasteiger partial charge on any atom is -0.368 e. The summed E-state index contributed by atoms with van der Waals surface area (Å²) in [4.78, 5) is 24.4. The van der Waals surface area contributed by atoms with Crippen LogP contribution in [-0.4, -0.2) is 20.9 Å². The number of aryl methyl sites for hydroxylation is 1. The van der Waals surface area contributed by atoms with Gasteiger partial charge in [-0.15, -0.1) is 0 Å². The third-order valence-electron chi connectivity index (χ3n) is 4.55. The lowest BCUT2D eigenvalue weighted by atomic mass is 9.89. The second-order valence-electron chi connectivity index (χ2n) is 6.29. The highest BCUT2D eigenvalue weighted by Crippen LogP contribution is 2.34. The highest BCUT2D eigenvalue weighted by molar-refractivity contribution is 5.98. The van der Waals surface area contributed by atoms with Crippen LogP contribution in [0.5, 0.6) is 0 Å². The van der Waals surface area contributed by atoms with Gasteiger partial charge in [-0.25, -0.2) is 19.3 Å². The highest BCUT2D eigenvalue weighted by Gasteiger charge is 2.30. The van der Waals surface area contributed by atoms with Crippen LogP contribution in [-0.2, 0) is 6.42 Å². The van der Waals surface area contributed by atoms with Crippen LogP contribution in [0.1, 0.15) is 33.4 Å². The number of hydrogen-bond acceptors (Lipinski definition) is 5. The molecule has 8 heteroatoms. The van der Waals surface area contributed by atoms with Gasteiger partial charge in [-0.2, -0.15) is 4.39 Å². The second-order valence-corrected chi connectivity index (χ2v) is 6.29. The summed E-state index contributed by atoms with van der Waals surface area (Å²) in [5, 5.41) is 2.87. The van der Waals surface area contributed by atoms with Crippen molar-refractivity contribution in [3.8, 4) is 11.1 Å². The van der Waals surface area contributed by atoms with Gasteiger partial charge in [-0.05, 0) is 42.3 Å². The molecule has 2 aromatic heterocycles. The number of carbonyl (C=O) groups is 1. The summed E-state index contributed by atoms with van der Waals surface area (Å²) >= 11 is 0. The molecule has 3 aromatic rings. The van der Waals surface area contributed by atoms with Crippen molar-refractivity contribution < 1.29 is 13.6 Å². The average Bonchev–Trinajstić information content (AvgIpc) is 2.61. The van der Waals surface area contributed by atoms with Crippen LogP contribution in [0, 0.1) is 18.7 Å². The van der Waals surface area contributed by atoms with Crippen LogP contribution < -0.4 is 11.1 Å². The molecule has 0 saturated heterocycles. The molecule has 136 valence electrons. The Labute approximate surface area is 153 Å². The van der Waals surface area contributed by atoms with Crippen molar-refractivity contribution in [1.29, 1.82) is 0 Å². The maximum absolute atomic E-state index is 14.2. The molecule has 4 rings (SSSR count). The van der Waals surface area contributed by atoms with E-state index in [4.69, 9.17) is 5.73 Å². The normalized spacial score (nSPS) is 16.0. The molecule has 27 heavy (non-hydrogen) atoms. The summed E-state index contributed by atoms with van der Waals surface area (Å²) in [6, 6.07) is 6.60. The van der Waals surface area contributed by atoms with E-state index in [1.807, 2.05) is 0 Å². The van der Waals surface area contributed by atoms with Crippen LogP contribution in [0.3, 0.4) is 0 Å². The Balaban J connectivity index is 1.83. The second kappa shape index (κ2) is 6.39. The topological polar surface area (TPSA) is 93.8 Å². The lowest BCUT2D eigenvalue weighted by Gasteiger charge is -2.27. The molecule has 0 unspecified atom stereocenters. The Bertz CT molecular complexity index is 1070. The molecule has 0 aliphatic carbocycles. The Kier molecular flexibility index (Phi) is 4.02. The van der Waals surface area contributed by atoms with Crippen LogP contribution >= 0.6 is 0 Å². The Hall–Kier alpha value is -3.42. The van der Waals surface area contributed by atoms with Crippen molar-refractivity contribution in [2.24, 2.45) is 0 Å². The first-order valence-corrected chi connectivity index (χ1v) is 8.28. The van der Waals surface area contributed by atoms with Crippen molar-refractivity contribution in [1.82, 2.24) is 20.3 Å². The summed E-state index contributed by atoms with van der Waals surface area (Å²) in [5.74, 6) is -1.49. The molecule has 0 saturated carbocycles. The van der Waals surface area contributed by atoms with Gasteiger partial charge in [0.2, 0.25) is 11.9 Å². The summed E-state index contributed by atoms with van der Waals surface area (Å²) in [6.45, 7) is 1.69. The van der Waals surface area contributed by atoms with Crippen LogP contribution in [0.2, 0.25) is 0 Å². The van der Waals surface area contributed by atoms with E-state index >= 15 is 0 Å². The predicted molar refractivity (Wildman–Crippen MR) is 94.7 cm³/mol. The molecular weight excluding hydrogens is 352 g/mol. The number of nitrogens with one attached hydrogen (secondary N) is 1. The average molecular weight is 367 g/mol. The zero-order valence-corrected chi connectivity index (χ0v) is 14.3. The minimum atomic E-state index is -0.714. The number of rotatable bonds is 2. The van der Waals surface area contributed by atoms with Gasteiger partial charge in [0, 0.05) is 18.2 Å². The number of hydrogen-bond donors (Lipinski definition) is 2.